The molecule has 0 amide bonds. The van der Waals surface area contributed by atoms with Gasteiger partial charge in [0.2, 0.25) is 0 Å². The highest BCUT2D eigenvalue weighted by Gasteiger charge is 2.14. The van der Waals surface area contributed by atoms with Crippen molar-refractivity contribution in [2.75, 3.05) is 0 Å². The fourth-order valence-corrected chi connectivity index (χ4v) is 3.14. The normalized spacial score (nSPS) is 10.7. The number of halogens is 3. The number of furan rings is 1. The van der Waals surface area contributed by atoms with Crippen LogP contribution in [0.15, 0.2) is 37.8 Å². The Bertz CT molecular complexity index is 492. The van der Waals surface area contributed by atoms with Crippen molar-refractivity contribution in [2.45, 2.75) is 6.92 Å². The maximum atomic E-state index is 6.16. The second-order valence-electron chi connectivity index (χ2n) is 3.13. The first-order valence-electron chi connectivity index (χ1n) is 4.29. The summed E-state index contributed by atoms with van der Waals surface area (Å²) in [6, 6.07) is 5.70. The summed E-state index contributed by atoms with van der Waals surface area (Å²) in [5.41, 5.74) is 1.99. The largest absolute Gasteiger partial charge is 0.464 e. The lowest BCUT2D eigenvalue weighted by molar-refractivity contribution is 0.581. The van der Waals surface area contributed by atoms with E-state index in [0.717, 1.165) is 25.8 Å². The Hall–Kier alpha value is -0.250. The molecule has 2 aromatic rings. The molecular weight excluding hydrogens is 343 g/mol. The molecule has 0 bridgehead atoms. The third kappa shape index (κ3) is 2.01. The number of benzene rings is 1. The van der Waals surface area contributed by atoms with Crippen molar-refractivity contribution in [3.8, 4) is 11.3 Å². The van der Waals surface area contributed by atoms with Gasteiger partial charge in [-0.1, -0.05) is 11.6 Å². The summed E-state index contributed by atoms with van der Waals surface area (Å²) in [5.74, 6) is 0.814. The Morgan fingerprint density at radius 2 is 2.00 bits per heavy atom. The molecule has 0 radical (unpaired) electrons. The minimum Gasteiger partial charge on any atom is -0.464 e. The van der Waals surface area contributed by atoms with E-state index in [1.807, 2.05) is 25.1 Å². The molecule has 0 fully saturated rings. The van der Waals surface area contributed by atoms with Gasteiger partial charge in [-0.05, 0) is 62.5 Å². The van der Waals surface area contributed by atoms with E-state index in [1.54, 1.807) is 6.26 Å². The SMILES string of the molecule is Cc1c(Cl)c(Br)cc(Br)c1-c1ccco1. The van der Waals surface area contributed by atoms with Gasteiger partial charge in [-0.2, -0.15) is 0 Å². The first-order chi connectivity index (χ1) is 7.11. The van der Waals surface area contributed by atoms with Gasteiger partial charge in [0.05, 0.1) is 11.3 Å². The molecule has 0 saturated heterocycles. The van der Waals surface area contributed by atoms with Gasteiger partial charge in [0, 0.05) is 14.5 Å². The molecule has 78 valence electrons. The maximum Gasteiger partial charge on any atom is 0.135 e. The van der Waals surface area contributed by atoms with Gasteiger partial charge in [-0.15, -0.1) is 0 Å². The van der Waals surface area contributed by atoms with Crippen molar-refractivity contribution >= 4 is 43.5 Å². The molecule has 0 aliphatic carbocycles. The Labute approximate surface area is 110 Å². The number of hydrogen-bond acceptors (Lipinski definition) is 1. The maximum absolute atomic E-state index is 6.16. The Kier molecular flexibility index (Phi) is 3.24. The molecular formula is C11H7Br2ClO. The predicted octanol–water partition coefficient (Wildman–Crippen LogP) is 5.43. The highest BCUT2D eigenvalue weighted by Crippen LogP contribution is 2.39. The van der Waals surface area contributed by atoms with Crippen LogP contribution in [0.2, 0.25) is 5.02 Å². The van der Waals surface area contributed by atoms with Crippen molar-refractivity contribution in [3.63, 3.8) is 0 Å². The lowest BCUT2D eigenvalue weighted by Crippen LogP contribution is -1.86. The van der Waals surface area contributed by atoms with Crippen LogP contribution in [-0.2, 0) is 0 Å². The zero-order valence-electron chi connectivity index (χ0n) is 7.85. The van der Waals surface area contributed by atoms with Crippen molar-refractivity contribution in [3.05, 3.63) is 44.0 Å². The van der Waals surface area contributed by atoms with Crippen LogP contribution in [-0.4, -0.2) is 0 Å². The molecule has 1 aromatic carbocycles. The van der Waals surface area contributed by atoms with Crippen molar-refractivity contribution < 1.29 is 4.42 Å². The van der Waals surface area contributed by atoms with E-state index in [4.69, 9.17) is 16.0 Å². The van der Waals surface area contributed by atoms with Crippen LogP contribution in [0.5, 0.6) is 0 Å². The quantitative estimate of drug-likeness (QED) is 0.625. The van der Waals surface area contributed by atoms with E-state index in [9.17, 15) is 0 Å². The molecule has 0 atom stereocenters. The summed E-state index contributed by atoms with van der Waals surface area (Å²) in [5, 5.41) is 0.713. The first kappa shape index (κ1) is 11.2. The van der Waals surface area contributed by atoms with E-state index in [2.05, 4.69) is 31.9 Å². The summed E-state index contributed by atoms with van der Waals surface area (Å²) < 4.78 is 7.21. The molecule has 0 spiro atoms. The number of hydrogen-bond donors (Lipinski definition) is 0. The third-order valence-electron chi connectivity index (χ3n) is 2.17. The lowest BCUT2D eigenvalue weighted by Gasteiger charge is -2.09. The van der Waals surface area contributed by atoms with Gasteiger partial charge >= 0.3 is 0 Å². The van der Waals surface area contributed by atoms with E-state index in [-0.39, 0.29) is 0 Å². The summed E-state index contributed by atoms with van der Waals surface area (Å²) in [6.45, 7) is 1.97. The molecule has 0 aliphatic heterocycles. The molecule has 4 heteroatoms. The Morgan fingerprint density at radius 3 is 2.60 bits per heavy atom. The minimum atomic E-state index is 0.713. The van der Waals surface area contributed by atoms with Crippen LogP contribution in [0.25, 0.3) is 11.3 Å². The van der Waals surface area contributed by atoms with Gasteiger partial charge in [-0.25, -0.2) is 0 Å². The van der Waals surface area contributed by atoms with Gasteiger partial charge in [0.25, 0.3) is 0 Å². The molecule has 1 nitrogen and oxygen atoms in total. The summed E-state index contributed by atoms with van der Waals surface area (Å²) in [7, 11) is 0. The predicted molar refractivity (Wildman–Crippen MR) is 69.3 cm³/mol. The molecule has 0 N–H and O–H groups in total. The monoisotopic (exact) mass is 348 g/mol. The summed E-state index contributed by atoms with van der Waals surface area (Å²) in [6.07, 6.45) is 1.65. The van der Waals surface area contributed by atoms with Crippen molar-refractivity contribution in [1.29, 1.82) is 0 Å². The Morgan fingerprint density at radius 1 is 1.27 bits per heavy atom. The van der Waals surface area contributed by atoms with Gasteiger partial charge in [0.1, 0.15) is 5.76 Å². The highest BCUT2D eigenvalue weighted by molar-refractivity contribution is 9.11. The smallest absolute Gasteiger partial charge is 0.135 e. The van der Waals surface area contributed by atoms with E-state index in [1.165, 1.54) is 0 Å². The molecule has 1 heterocycles. The van der Waals surface area contributed by atoms with Gasteiger partial charge in [-0.3, -0.25) is 0 Å². The second-order valence-corrected chi connectivity index (χ2v) is 5.22. The second kappa shape index (κ2) is 4.32. The molecule has 1 aromatic heterocycles. The molecule has 0 unspecified atom stereocenters. The lowest BCUT2D eigenvalue weighted by atomic mass is 10.1. The summed E-state index contributed by atoms with van der Waals surface area (Å²) in [4.78, 5) is 0. The van der Waals surface area contributed by atoms with Crippen LogP contribution in [0.3, 0.4) is 0 Å². The summed E-state index contributed by atoms with van der Waals surface area (Å²) >= 11 is 13.1. The third-order valence-corrected chi connectivity index (χ3v) is 4.14. The van der Waals surface area contributed by atoms with Crippen molar-refractivity contribution in [1.82, 2.24) is 0 Å². The zero-order valence-corrected chi connectivity index (χ0v) is 11.8. The molecule has 15 heavy (non-hydrogen) atoms. The van der Waals surface area contributed by atoms with Crippen LogP contribution in [0.1, 0.15) is 5.56 Å². The van der Waals surface area contributed by atoms with Crippen molar-refractivity contribution in [2.24, 2.45) is 0 Å². The van der Waals surface area contributed by atoms with E-state index < -0.39 is 0 Å². The average Bonchev–Trinajstić information content (AvgIpc) is 2.68. The Balaban J connectivity index is 2.72. The topological polar surface area (TPSA) is 13.1 Å². The fraction of sp³-hybridized carbons (Fsp3) is 0.0909. The molecule has 0 aliphatic rings. The van der Waals surface area contributed by atoms with Crippen LogP contribution < -0.4 is 0 Å². The minimum absolute atomic E-state index is 0.713. The van der Waals surface area contributed by atoms with Crippen LogP contribution >= 0.6 is 43.5 Å². The number of rotatable bonds is 1. The van der Waals surface area contributed by atoms with E-state index in [0.29, 0.717) is 5.02 Å². The van der Waals surface area contributed by atoms with Gasteiger partial charge in [0.15, 0.2) is 0 Å². The van der Waals surface area contributed by atoms with Crippen LogP contribution in [0, 0.1) is 6.92 Å². The van der Waals surface area contributed by atoms with Gasteiger partial charge < -0.3 is 4.42 Å². The first-order valence-corrected chi connectivity index (χ1v) is 6.25. The average molecular weight is 350 g/mol. The van der Waals surface area contributed by atoms with Crippen LogP contribution in [0.4, 0.5) is 0 Å². The highest BCUT2D eigenvalue weighted by atomic mass is 79.9. The molecule has 0 saturated carbocycles. The zero-order chi connectivity index (χ0) is 11.0. The van der Waals surface area contributed by atoms with E-state index >= 15 is 0 Å². The fourth-order valence-electron chi connectivity index (χ4n) is 1.44. The standard InChI is InChI=1S/C11H7Br2ClO/c1-6-10(9-3-2-4-15-9)7(12)5-8(13)11(6)14/h2-5H,1H3. The molecule has 2 rings (SSSR count).